The molecule has 3 amide bonds. The number of sulfonamides is 1. The van der Waals surface area contributed by atoms with Gasteiger partial charge < -0.3 is 4.90 Å². The lowest BCUT2D eigenvalue weighted by Gasteiger charge is -2.34. The van der Waals surface area contributed by atoms with E-state index in [1.54, 1.807) is 23.1 Å². The van der Waals surface area contributed by atoms with Gasteiger partial charge in [0.1, 0.15) is 0 Å². The number of amides is 3. The predicted molar refractivity (Wildman–Crippen MR) is 110 cm³/mol. The summed E-state index contributed by atoms with van der Waals surface area (Å²) < 4.78 is 27.4. The smallest absolute Gasteiger partial charge is 0.243 e. The number of nitrogens with zero attached hydrogens (tertiary/aromatic N) is 3. The van der Waals surface area contributed by atoms with Crippen molar-refractivity contribution >= 4 is 38.5 Å². The van der Waals surface area contributed by atoms with Gasteiger partial charge in [0.05, 0.1) is 4.90 Å². The van der Waals surface area contributed by atoms with Crippen molar-refractivity contribution in [3.63, 3.8) is 0 Å². The first-order valence-electron chi connectivity index (χ1n) is 9.96. The second kappa shape index (κ2) is 8.16. The highest BCUT2D eigenvalue weighted by Crippen LogP contribution is 2.23. The van der Waals surface area contributed by atoms with Crippen molar-refractivity contribution in [1.82, 2.24) is 14.1 Å². The van der Waals surface area contributed by atoms with Gasteiger partial charge in [-0.05, 0) is 22.9 Å². The summed E-state index contributed by atoms with van der Waals surface area (Å²) in [6.07, 6.45) is 0.478. The summed E-state index contributed by atoms with van der Waals surface area (Å²) in [6, 6.07) is 12.7. The number of rotatable bonds is 5. The highest BCUT2D eigenvalue weighted by molar-refractivity contribution is 7.89. The second-order valence-electron chi connectivity index (χ2n) is 7.48. The zero-order chi connectivity index (χ0) is 21.3. The molecule has 0 aliphatic carbocycles. The third-order valence-electron chi connectivity index (χ3n) is 5.65. The van der Waals surface area contributed by atoms with E-state index >= 15 is 0 Å². The zero-order valence-electron chi connectivity index (χ0n) is 16.5. The van der Waals surface area contributed by atoms with Crippen LogP contribution in [0.5, 0.6) is 0 Å². The molecule has 0 bridgehead atoms. The van der Waals surface area contributed by atoms with E-state index in [0.29, 0.717) is 0 Å². The monoisotopic (exact) mass is 429 g/mol. The summed E-state index contributed by atoms with van der Waals surface area (Å²) in [5, 5.41) is 1.83. The van der Waals surface area contributed by atoms with Crippen molar-refractivity contribution in [3.8, 4) is 0 Å². The second-order valence-corrected chi connectivity index (χ2v) is 9.42. The molecule has 2 aliphatic heterocycles. The fourth-order valence-electron chi connectivity index (χ4n) is 3.89. The standard InChI is InChI=1S/C21H23N3O5S/c25-19(9-10-24-20(26)7-8-21(24)27)22-11-13-23(14-12-22)30(28,29)18-6-5-16-3-1-2-4-17(16)15-18/h1-6,15H,7-14H2. The molecule has 2 fully saturated rings. The molecular weight excluding hydrogens is 406 g/mol. The van der Waals surface area contributed by atoms with E-state index in [-0.39, 0.29) is 74.6 Å². The Kier molecular flexibility index (Phi) is 5.57. The van der Waals surface area contributed by atoms with Gasteiger partial charge in [0.2, 0.25) is 27.7 Å². The quantitative estimate of drug-likeness (QED) is 0.666. The van der Waals surface area contributed by atoms with E-state index in [4.69, 9.17) is 0 Å². The molecule has 30 heavy (non-hydrogen) atoms. The number of carbonyl (C=O) groups is 3. The van der Waals surface area contributed by atoms with Gasteiger partial charge in [0, 0.05) is 52.0 Å². The van der Waals surface area contributed by atoms with Crippen molar-refractivity contribution in [2.75, 3.05) is 32.7 Å². The van der Waals surface area contributed by atoms with Crippen molar-refractivity contribution in [3.05, 3.63) is 42.5 Å². The maximum Gasteiger partial charge on any atom is 0.243 e. The SMILES string of the molecule is O=C(CCN1C(=O)CCC1=O)N1CCN(S(=O)(=O)c2ccc3ccccc3c2)CC1. The lowest BCUT2D eigenvalue weighted by Crippen LogP contribution is -2.51. The molecule has 9 heteroatoms. The third-order valence-corrected chi connectivity index (χ3v) is 7.55. The van der Waals surface area contributed by atoms with Crippen LogP contribution in [0.15, 0.2) is 47.4 Å². The van der Waals surface area contributed by atoms with Gasteiger partial charge in [-0.25, -0.2) is 8.42 Å². The normalized spacial score (nSPS) is 18.4. The van der Waals surface area contributed by atoms with Gasteiger partial charge in [-0.15, -0.1) is 0 Å². The maximum atomic E-state index is 13.0. The number of imide groups is 1. The highest BCUT2D eigenvalue weighted by atomic mass is 32.2. The third kappa shape index (κ3) is 3.95. The zero-order valence-corrected chi connectivity index (χ0v) is 17.3. The van der Waals surface area contributed by atoms with E-state index in [1.165, 1.54) is 4.31 Å². The van der Waals surface area contributed by atoms with Crippen LogP contribution in [0.2, 0.25) is 0 Å². The Morgan fingerprint density at radius 2 is 1.50 bits per heavy atom. The molecule has 0 radical (unpaired) electrons. The highest BCUT2D eigenvalue weighted by Gasteiger charge is 2.32. The molecule has 2 heterocycles. The number of hydrogen-bond donors (Lipinski definition) is 0. The Morgan fingerprint density at radius 1 is 0.867 bits per heavy atom. The summed E-state index contributed by atoms with van der Waals surface area (Å²) in [5.74, 6) is -0.650. The van der Waals surface area contributed by atoms with Crippen molar-refractivity contribution in [2.24, 2.45) is 0 Å². The van der Waals surface area contributed by atoms with Crippen LogP contribution < -0.4 is 0 Å². The Balaban J connectivity index is 1.36. The van der Waals surface area contributed by atoms with Crippen LogP contribution in [-0.4, -0.2) is 73.0 Å². The molecule has 8 nitrogen and oxygen atoms in total. The molecule has 0 saturated carbocycles. The van der Waals surface area contributed by atoms with Crippen molar-refractivity contribution in [2.45, 2.75) is 24.2 Å². The Morgan fingerprint density at radius 3 is 2.17 bits per heavy atom. The molecular formula is C21H23N3O5S. The average molecular weight is 429 g/mol. The minimum Gasteiger partial charge on any atom is -0.340 e. The molecule has 2 saturated heterocycles. The lowest BCUT2D eigenvalue weighted by molar-refractivity contribution is -0.139. The van der Waals surface area contributed by atoms with Gasteiger partial charge in [-0.1, -0.05) is 30.3 Å². The fraction of sp³-hybridized carbons (Fsp3) is 0.381. The Bertz CT molecular complexity index is 1090. The maximum absolute atomic E-state index is 13.0. The number of carbonyl (C=O) groups excluding carboxylic acids is 3. The topological polar surface area (TPSA) is 95.1 Å². The van der Waals surface area contributed by atoms with Crippen LogP contribution in [0, 0.1) is 0 Å². The summed E-state index contributed by atoms with van der Waals surface area (Å²) in [7, 11) is -3.64. The largest absolute Gasteiger partial charge is 0.340 e. The van der Waals surface area contributed by atoms with Crippen molar-refractivity contribution < 1.29 is 22.8 Å². The van der Waals surface area contributed by atoms with Gasteiger partial charge in [-0.3, -0.25) is 19.3 Å². The van der Waals surface area contributed by atoms with Gasteiger partial charge >= 0.3 is 0 Å². The summed E-state index contributed by atoms with van der Waals surface area (Å²) in [6.45, 7) is 1.08. The van der Waals surface area contributed by atoms with Crippen LogP contribution in [0.25, 0.3) is 10.8 Å². The first-order valence-corrected chi connectivity index (χ1v) is 11.4. The molecule has 158 valence electrons. The Hall–Kier alpha value is -2.78. The minimum atomic E-state index is -3.64. The molecule has 0 aromatic heterocycles. The number of fused-ring (bicyclic) bond motifs is 1. The van der Waals surface area contributed by atoms with Crippen LogP contribution in [0.1, 0.15) is 19.3 Å². The Labute approximate surface area is 175 Å². The molecule has 0 unspecified atom stereocenters. The predicted octanol–water partition coefficient (Wildman–Crippen LogP) is 1.21. The van der Waals surface area contributed by atoms with Gasteiger partial charge in [-0.2, -0.15) is 4.31 Å². The first kappa shape index (κ1) is 20.5. The molecule has 2 aliphatic rings. The van der Waals surface area contributed by atoms with Crippen LogP contribution in [0.3, 0.4) is 0 Å². The fourth-order valence-corrected chi connectivity index (χ4v) is 5.35. The van der Waals surface area contributed by atoms with E-state index in [2.05, 4.69) is 0 Å². The summed E-state index contributed by atoms with van der Waals surface area (Å²) in [4.78, 5) is 38.7. The molecule has 0 N–H and O–H groups in total. The summed E-state index contributed by atoms with van der Waals surface area (Å²) in [5.41, 5.74) is 0. The van der Waals surface area contributed by atoms with Crippen molar-refractivity contribution in [1.29, 1.82) is 0 Å². The van der Waals surface area contributed by atoms with E-state index < -0.39 is 10.0 Å². The van der Waals surface area contributed by atoms with Gasteiger partial charge in [0.15, 0.2) is 0 Å². The molecule has 2 aromatic carbocycles. The molecule has 4 rings (SSSR count). The summed E-state index contributed by atoms with van der Waals surface area (Å²) >= 11 is 0. The van der Waals surface area contributed by atoms with E-state index in [9.17, 15) is 22.8 Å². The lowest BCUT2D eigenvalue weighted by atomic mass is 10.1. The molecule has 2 aromatic rings. The van der Waals surface area contributed by atoms with Gasteiger partial charge in [0.25, 0.3) is 0 Å². The first-order chi connectivity index (χ1) is 14.4. The van der Waals surface area contributed by atoms with Crippen LogP contribution in [0.4, 0.5) is 0 Å². The van der Waals surface area contributed by atoms with Crippen LogP contribution in [-0.2, 0) is 24.4 Å². The molecule has 0 spiro atoms. The number of hydrogen-bond acceptors (Lipinski definition) is 5. The average Bonchev–Trinajstić information content (AvgIpc) is 3.09. The van der Waals surface area contributed by atoms with Crippen LogP contribution >= 0.6 is 0 Å². The number of benzene rings is 2. The molecule has 0 atom stereocenters. The number of piperazine rings is 1. The number of likely N-dealkylation sites (tertiary alicyclic amines) is 1. The van der Waals surface area contributed by atoms with E-state index in [1.807, 2.05) is 24.3 Å². The minimum absolute atomic E-state index is 0.0644. The van der Waals surface area contributed by atoms with E-state index in [0.717, 1.165) is 15.7 Å².